The lowest BCUT2D eigenvalue weighted by Crippen LogP contribution is -2.31. The molecule has 1 aliphatic heterocycles. The van der Waals surface area contributed by atoms with E-state index >= 15 is 0 Å². The third kappa shape index (κ3) is 4.14. The molecule has 0 radical (unpaired) electrons. The van der Waals surface area contributed by atoms with Crippen molar-refractivity contribution in [2.24, 2.45) is 0 Å². The van der Waals surface area contributed by atoms with Crippen LogP contribution in [0.25, 0.3) is 0 Å². The minimum absolute atomic E-state index is 0.0511. The van der Waals surface area contributed by atoms with Gasteiger partial charge in [-0.3, -0.25) is 9.69 Å². The SMILES string of the molecule is O=C(c1ccc(CN2CCSCC2)cc1)c1ccc(Cl)cc1F. The molecule has 5 heteroatoms. The largest absolute Gasteiger partial charge is 0.297 e. The Morgan fingerprint density at radius 3 is 2.48 bits per heavy atom. The van der Waals surface area contributed by atoms with Gasteiger partial charge in [0.25, 0.3) is 0 Å². The normalized spacial score (nSPS) is 15.6. The van der Waals surface area contributed by atoms with Gasteiger partial charge in [0.2, 0.25) is 0 Å². The molecule has 1 fully saturated rings. The van der Waals surface area contributed by atoms with E-state index in [2.05, 4.69) is 4.90 Å². The smallest absolute Gasteiger partial charge is 0.195 e. The summed E-state index contributed by atoms with van der Waals surface area (Å²) in [6, 6.07) is 11.6. The monoisotopic (exact) mass is 349 g/mol. The number of benzene rings is 2. The van der Waals surface area contributed by atoms with E-state index in [4.69, 9.17) is 11.6 Å². The maximum Gasteiger partial charge on any atom is 0.195 e. The Morgan fingerprint density at radius 2 is 1.83 bits per heavy atom. The molecule has 0 spiro atoms. The van der Waals surface area contributed by atoms with E-state index < -0.39 is 5.82 Å². The predicted molar refractivity (Wildman–Crippen MR) is 93.9 cm³/mol. The number of hydrogen-bond donors (Lipinski definition) is 0. The van der Waals surface area contributed by atoms with Crippen LogP contribution >= 0.6 is 23.4 Å². The third-order valence-corrected chi connectivity index (χ3v) is 5.08. The maximum atomic E-state index is 13.9. The van der Waals surface area contributed by atoms with Gasteiger partial charge in [0.15, 0.2) is 5.78 Å². The van der Waals surface area contributed by atoms with Crippen molar-refractivity contribution in [3.05, 3.63) is 70.0 Å². The van der Waals surface area contributed by atoms with Crippen molar-refractivity contribution in [1.29, 1.82) is 0 Å². The van der Waals surface area contributed by atoms with Crippen molar-refractivity contribution >= 4 is 29.1 Å². The van der Waals surface area contributed by atoms with E-state index in [1.54, 1.807) is 12.1 Å². The summed E-state index contributed by atoms with van der Waals surface area (Å²) in [6.07, 6.45) is 0. The summed E-state index contributed by atoms with van der Waals surface area (Å²) in [5.41, 5.74) is 1.71. The summed E-state index contributed by atoms with van der Waals surface area (Å²) in [7, 11) is 0. The Hall–Kier alpha value is -1.36. The van der Waals surface area contributed by atoms with E-state index in [1.165, 1.54) is 29.2 Å². The molecule has 1 saturated heterocycles. The first-order chi connectivity index (χ1) is 11.1. The molecule has 0 amide bonds. The highest BCUT2D eigenvalue weighted by Gasteiger charge is 2.15. The fraction of sp³-hybridized carbons (Fsp3) is 0.278. The summed E-state index contributed by atoms with van der Waals surface area (Å²) in [5, 5.41) is 0.286. The summed E-state index contributed by atoms with van der Waals surface area (Å²) in [4.78, 5) is 14.8. The standard InChI is InChI=1S/C18H17ClFNOS/c19-15-5-6-16(17(20)11-15)18(22)14-3-1-13(2-4-14)12-21-7-9-23-10-8-21/h1-6,11H,7-10,12H2. The molecule has 0 bridgehead atoms. The van der Waals surface area contributed by atoms with Crippen LogP contribution in [-0.2, 0) is 6.54 Å². The van der Waals surface area contributed by atoms with Crippen molar-refractivity contribution in [3.8, 4) is 0 Å². The van der Waals surface area contributed by atoms with Gasteiger partial charge in [0.1, 0.15) is 5.82 Å². The molecule has 0 unspecified atom stereocenters. The van der Waals surface area contributed by atoms with E-state index in [-0.39, 0.29) is 16.4 Å². The van der Waals surface area contributed by atoms with Crippen LogP contribution in [0, 0.1) is 5.82 Å². The fourth-order valence-electron chi connectivity index (χ4n) is 2.61. The molecular formula is C18H17ClFNOS. The van der Waals surface area contributed by atoms with E-state index in [1.807, 2.05) is 23.9 Å². The van der Waals surface area contributed by atoms with Crippen LogP contribution in [0.3, 0.4) is 0 Å². The van der Waals surface area contributed by atoms with Crippen LogP contribution in [0.1, 0.15) is 21.5 Å². The van der Waals surface area contributed by atoms with Gasteiger partial charge in [-0.1, -0.05) is 35.9 Å². The summed E-state index contributed by atoms with van der Waals surface area (Å²) in [6.45, 7) is 3.09. The van der Waals surface area contributed by atoms with Crippen LogP contribution in [0.5, 0.6) is 0 Å². The van der Waals surface area contributed by atoms with Crippen LogP contribution in [-0.4, -0.2) is 35.3 Å². The summed E-state index contributed by atoms with van der Waals surface area (Å²) in [5.74, 6) is 1.44. The number of nitrogens with zero attached hydrogens (tertiary/aromatic N) is 1. The number of carbonyl (C=O) groups is 1. The molecule has 2 nitrogen and oxygen atoms in total. The Balaban J connectivity index is 1.72. The van der Waals surface area contributed by atoms with Gasteiger partial charge in [-0.05, 0) is 23.8 Å². The summed E-state index contributed by atoms with van der Waals surface area (Å²) < 4.78 is 13.9. The number of hydrogen-bond acceptors (Lipinski definition) is 3. The van der Waals surface area contributed by atoms with E-state index in [9.17, 15) is 9.18 Å². The lowest BCUT2D eigenvalue weighted by atomic mass is 10.0. The first-order valence-electron chi connectivity index (χ1n) is 7.52. The molecule has 0 saturated carbocycles. The van der Waals surface area contributed by atoms with Crippen molar-refractivity contribution in [2.75, 3.05) is 24.6 Å². The van der Waals surface area contributed by atoms with E-state index in [0.29, 0.717) is 5.56 Å². The number of thioether (sulfide) groups is 1. The third-order valence-electron chi connectivity index (χ3n) is 3.90. The highest BCUT2D eigenvalue weighted by molar-refractivity contribution is 7.99. The van der Waals surface area contributed by atoms with Crippen molar-refractivity contribution in [3.63, 3.8) is 0 Å². The molecule has 0 N–H and O–H groups in total. The number of carbonyl (C=O) groups excluding carboxylic acids is 1. The van der Waals surface area contributed by atoms with Crippen molar-refractivity contribution in [1.82, 2.24) is 4.90 Å². The maximum absolute atomic E-state index is 13.9. The second-order valence-electron chi connectivity index (χ2n) is 5.54. The molecule has 1 heterocycles. The molecular weight excluding hydrogens is 333 g/mol. The zero-order valence-corrected chi connectivity index (χ0v) is 14.2. The van der Waals surface area contributed by atoms with Gasteiger partial charge < -0.3 is 0 Å². The van der Waals surface area contributed by atoms with Gasteiger partial charge in [-0.2, -0.15) is 11.8 Å². The first kappa shape index (κ1) is 16.5. The van der Waals surface area contributed by atoms with Gasteiger partial charge in [0.05, 0.1) is 5.56 Å². The van der Waals surface area contributed by atoms with E-state index in [0.717, 1.165) is 25.7 Å². The first-order valence-corrected chi connectivity index (χ1v) is 9.05. The molecule has 1 aliphatic rings. The quantitative estimate of drug-likeness (QED) is 0.769. The van der Waals surface area contributed by atoms with Gasteiger partial charge >= 0.3 is 0 Å². The number of ketones is 1. The lowest BCUT2D eigenvalue weighted by Gasteiger charge is -2.26. The molecule has 120 valence electrons. The van der Waals surface area contributed by atoms with Gasteiger partial charge in [-0.15, -0.1) is 0 Å². The Morgan fingerprint density at radius 1 is 1.13 bits per heavy atom. The highest BCUT2D eigenvalue weighted by Crippen LogP contribution is 2.19. The Kier molecular flexibility index (Phi) is 5.36. The summed E-state index contributed by atoms with van der Waals surface area (Å²) >= 11 is 7.71. The zero-order chi connectivity index (χ0) is 16.2. The molecule has 3 rings (SSSR count). The number of halogens is 2. The van der Waals surface area contributed by atoms with Crippen molar-refractivity contribution in [2.45, 2.75) is 6.54 Å². The second kappa shape index (κ2) is 7.47. The minimum Gasteiger partial charge on any atom is -0.297 e. The average molecular weight is 350 g/mol. The zero-order valence-electron chi connectivity index (χ0n) is 12.6. The average Bonchev–Trinajstić information content (AvgIpc) is 2.56. The molecule has 0 aromatic heterocycles. The molecule has 0 aliphatic carbocycles. The lowest BCUT2D eigenvalue weighted by molar-refractivity contribution is 0.103. The predicted octanol–water partition coefficient (Wildman–Crippen LogP) is 4.26. The van der Waals surface area contributed by atoms with Crippen LogP contribution in [0.15, 0.2) is 42.5 Å². The minimum atomic E-state index is -0.586. The number of rotatable bonds is 4. The van der Waals surface area contributed by atoms with Crippen LogP contribution < -0.4 is 0 Å². The Bertz CT molecular complexity index is 699. The van der Waals surface area contributed by atoms with Crippen LogP contribution in [0.2, 0.25) is 5.02 Å². The Labute approximate surface area is 144 Å². The van der Waals surface area contributed by atoms with Gasteiger partial charge in [-0.25, -0.2) is 4.39 Å². The van der Waals surface area contributed by atoms with Gasteiger partial charge in [0, 0.05) is 41.7 Å². The molecule has 0 atom stereocenters. The topological polar surface area (TPSA) is 20.3 Å². The molecule has 23 heavy (non-hydrogen) atoms. The molecule has 2 aromatic carbocycles. The second-order valence-corrected chi connectivity index (χ2v) is 7.20. The molecule has 2 aromatic rings. The van der Waals surface area contributed by atoms with Crippen LogP contribution in [0.4, 0.5) is 4.39 Å². The highest BCUT2D eigenvalue weighted by atomic mass is 35.5. The van der Waals surface area contributed by atoms with Crippen molar-refractivity contribution < 1.29 is 9.18 Å². The fourth-order valence-corrected chi connectivity index (χ4v) is 3.75.